The molecule has 0 saturated carbocycles. The van der Waals surface area contributed by atoms with Crippen LogP contribution in [0.2, 0.25) is 0 Å². The zero-order chi connectivity index (χ0) is 26.3. The summed E-state index contributed by atoms with van der Waals surface area (Å²) in [6, 6.07) is 12.0. The standard InChI is InChI=1S/C26H36N4O4S2/c1-6-16-29(17-7-2)36(32,33)21-14-12-20(13-15-21)25(31)30(19-9-18-28(3)4)26-27-24-22(34-5)10-8-11-23(24)35-26/h8,10-15H,6-7,9,16-19H2,1-5H3. The fourth-order valence-electron chi connectivity index (χ4n) is 3.95. The van der Waals surface area contributed by atoms with E-state index in [1.807, 2.05) is 46.1 Å². The summed E-state index contributed by atoms with van der Waals surface area (Å²) in [5.74, 6) is 0.448. The molecular weight excluding hydrogens is 496 g/mol. The van der Waals surface area contributed by atoms with Gasteiger partial charge in [0.25, 0.3) is 5.91 Å². The van der Waals surface area contributed by atoms with Crippen molar-refractivity contribution < 1.29 is 17.9 Å². The lowest BCUT2D eigenvalue weighted by Crippen LogP contribution is -2.34. The number of methoxy groups -OCH3 is 1. The normalized spacial score (nSPS) is 12.0. The van der Waals surface area contributed by atoms with E-state index in [2.05, 4.69) is 4.90 Å². The van der Waals surface area contributed by atoms with Gasteiger partial charge in [-0.05, 0) is 76.3 Å². The third kappa shape index (κ3) is 6.42. The molecule has 0 spiro atoms. The van der Waals surface area contributed by atoms with E-state index < -0.39 is 10.0 Å². The Hall–Kier alpha value is -2.53. The predicted molar refractivity (Wildman–Crippen MR) is 147 cm³/mol. The third-order valence-corrected chi connectivity index (χ3v) is 8.70. The van der Waals surface area contributed by atoms with Gasteiger partial charge in [-0.15, -0.1) is 0 Å². The van der Waals surface area contributed by atoms with E-state index in [0.29, 0.717) is 36.1 Å². The Labute approximate surface area is 218 Å². The van der Waals surface area contributed by atoms with Crippen LogP contribution in [0, 0.1) is 0 Å². The fraction of sp³-hybridized carbons (Fsp3) is 0.462. The second kappa shape index (κ2) is 12.6. The SMILES string of the molecule is CCCN(CCC)S(=O)(=O)c1ccc(C(=O)N(CCCN(C)C)c2nc3c(OC)cccc3s2)cc1. The molecule has 1 amide bonds. The van der Waals surface area contributed by atoms with Crippen molar-refractivity contribution in [3.05, 3.63) is 48.0 Å². The minimum absolute atomic E-state index is 0.199. The second-order valence-corrected chi connectivity index (χ2v) is 11.8. The van der Waals surface area contributed by atoms with Crippen LogP contribution in [-0.2, 0) is 10.0 Å². The van der Waals surface area contributed by atoms with Crippen molar-refractivity contribution in [2.45, 2.75) is 38.0 Å². The molecule has 0 aliphatic heterocycles. The Kier molecular flexibility index (Phi) is 9.84. The van der Waals surface area contributed by atoms with E-state index in [9.17, 15) is 13.2 Å². The number of carbonyl (C=O) groups excluding carboxylic acids is 1. The first-order valence-corrected chi connectivity index (χ1v) is 14.5. The molecule has 0 bridgehead atoms. The molecule has 0 saturated heterocycles. The smallest absolute Gasteiger partial charge is 0.260 e. The summed E-state index contributed by atoms with van der Waals surface area (Å²) in [6.45, 7) is 6.17. The van der Waals surface area contributed by atoms with Crippen LogP contribution in [0.4, 0.5) is 5.13 Å². The summed E-state index contributed by atoms with van der Waals surface area (Å²) in [7, 11) is 1.98. The second-order valence-electron chi connectivity index (χ2n) is 8.85. The average molecular weight is 533 g/mol. The number of hydrogen-bond acceptors (Lipinski definition) is 7. The molecule has 3 rings (SSSR count). The highest BCUT2D eigenvalue weighted by Gasteiger charge is 2.25. The largest absolute Gasteiger partial charge is 0.494 e. The van der Waals surface area contributed by atoms with E-state index >= 15 is 0 Å². The molecule has 0 atom stereocenters. The number of nitrogens with zero attached hydrogens (tertiary/aromatic N) is 4. The Morgan fingerprint density at radius 3 is 2.22 bits per heavy atom. The molecule has 36 heavy (non-hydrogen) atoms. The molecule has 10 heteroatoms. The van der Waals surface area contributed by atoms with Crippen LogP contribution < -0.4 is 9.64 Å². The topological polar surface area (TPSA) is 83.1 Å². The van der Waals surface area contributed by atoms with E-state index in [1.165, 1.54) is 27.8 Å². The Bertz CT molecular complexity index is 1250. The van der Waals surface area contributed by atoms with Crippen molar-refractivity contribution in [3.63, 3.8) is 0 Å². The van der Waals surface area contributed by atoms with Crippen LogP contribution in [0.25, 0.3) is 10.2 Å². The zero-order valence-electron chi connectivity index (χ0n) is 21.7. The van der Waals surface area contributed by atoms with Crippen LogP contribution in [0.1, 0.15) is 43.5 Å². The predicted octanol–water partition coefficient (Wildman–Crippen LogP) is 4.71. The average Bonchev–Trinajstić information content (AvgIpc) is 3.30. The summed E-state index contributed by atoms with van der Waals surface area (Å²) >= 11 is 1.44. The maximum atomic E-state index is 13.6. The number of hydrogen-bond donors (Lipinski definition) is 0. The monoisotopic (exact) mass is 532 g/mol. The summed E-state index contributed by atoms with van der Waals surface area (Å²) in [5, 5.41) is 0.590. The van der Waals surface area contributed by atoms with Gasteiger partial charge in [-0.3, -0.25) is 9.69 Å². The van der Waals surface area contributed by atoms with E-state index in [1.54, 1.807) is 24.1 Å². The van der Waals surface area contributed by atoms with Crippen LogP contribution in [0.5, 0.6) is 5.75 Å². The molecule has 8 nitrogen and oxygen atoms in total. The number of carbonyl (C=O) groups is 1. The Morgan fingerprint density at radius 2 is 1.64 bits per heavy atom. The van der Waals surface area contributed by atoms with Gasteiger partial charge in [0.15, 0.2) is 5.13 Å². The van der Waals surface area contributed by atoms with Crippen LogP contribution >= 0.6 is 11.3 Å². The van der Waals surface area contributed by atoms with Gasteiger partial charge >= 0.3 is 0 Å². The number of amides is 1. The van der Waals surface area contributed by atoms with Crippen molar-refractivity contribution in [2.24, 2.45) is 0 Å². The summed E-state index contributed by atoms with van der Waals surface area (Å²) < 4.78 is 34.1. The number of thiazole rings is 1. The minimum Gasteiger partial charge on any atom is -0.494 e. The third-order valence-electron chi connectivity index (χ3n) is 5.74. The summed E-state index contributed by atoms with van der Waals surface area (Å²) in [4.78, 5) is 22.3. The Morgan fingerprint density at radius 1 is 0.972 bits per heavy atom. The molecule has 0 N–H and O–H groups in total. The number of anilines is 1. The van der Waals surface area contributed by atoms with Crippen molar-refractivity contribution in [1.82, 2.24) is 14.2 Å². The number of rotatable bonds is 13. The number of benzene rings is 2. The van der Waals surface area contributed by atoms with Gasteiger partial charge in [0.05, 0.1) is 16.7 Å². The number of para-hydroxylation sites is 1. The first kappa shape index (κ1) is 28.0. The maximum Gasteiger partial charge on any atom is 0.260 e. The van der Waals surface area contributed by atoms with Gasteiger partial charge in [-0.25, -0.2) is 13.4 Å². The lowest BCUT2D eigenvalue weighted by Gasteiger charge is -2.22. The van der Waals surface area contributed by atoms with Gasteiger partial charge in [-0.2, -0.15) is 4.31 Å². The van der Waals surface area contributed by atoms with Gasteiger partial charge in [-0.1, -0.05) is 31.3 Å². The molecule has 3 aromatic rings. The van der Waals surface area contributed by atoms with E-state index in [-0.39, 0.29) is 10.8 Å². The van der Waals surface area contributed by atoms with Gasteiger partial charge in [0.1, 0.15) is 11.3 Å². The van der Waals surface area contributed by atoms with Crippen LogP contribution in [-0.4, -0.2) is 75.9 Å². The summed E-state index contributed by atoms with van der Waals surface area (Å²) in [6.07, 6.45) is 2.25. The molecule has 0 aliphatic carbocycles. The first-order valence-electron chi connectivity index (χ1n) is 12.2. The maximum absolute atomic E-state index is 13.6. The summed E-state index contributed by atoms with van der Waals surface area (Å²) in [5.41, 5.74) is 1.14. The molecule has 1 heterocycles. The number of aromatic nitrogens is 1. The highest BCUT2D eigenvalue weighted by Crippen LogP contribution is 2.34. The molecule has 0 aliphatic rings. The molecule has 196 valence electrons. The van der Waals surface area contributed by atoms with Gasteiger partial charge in [0.2, 0.25) is 10.0 Å². The lowest BCUT2D eigenvalue weighted by molar-refractivity contribution is 0.0986. The van der Waals surface area contributed by atoms with E-state index in [4.69, 9.17) is 9.72 Å². The molecule has 0 radical (unpaired) electrons. The van der Waals surface area contributed by atoms with Crippen LogP contribution in [0.3, 0.4) is 0 Å². The van der Waals surface area contributed by atoms with E-state index in [0.717, 1.165) is 36.0 Å². The lowest BCUT2D eigenvalue weighted by atomic mass is 10.2. The number of sulfonamides is 1. The first-order chi connectivity index (χ1) is 17.2. The number of fused-ring (bicyclic) bond motifs is 1. The highest BCUT2D eigenvalue weighted by atomic mass is 32.2. The highest BCUT2D eigenvalue weighted by molar-refractivity contribution is 7.89. The van der Waals surface area contributed by atoms with Gasteiger partial charge < -0.3 is 9.64 Å². The van der Waals surface area contributed by atoms with Crippen molar-refractivity contribution >= 4 is 42.6 Å². The van der Waals surface area contributed by atoms with Crippen molar-refractivity contribution in [2.75, 3.05) is 52.3 Å². The molecule has 1 aromatic heterocycles. The number of ether oxygens (including phenoxy) is 1. The van der Waals surface area contributed by atoms with Crippen LogP contribution in [0.15, 0.2) is 47.4 Å². The zero-order valence-corrected chi connectivity index (χ0v) is 23.4. The molecular formula is C26H36N4O4S2. The molecule has 2 aromatic carbocycles. The molecule has 0 fully saturated rings. The quantitative estimate of drug-likeness (QED) is 0.317. The minimum atomic E-state index is -3.61. The van der Waals surface area contributed by atoms with Crippen molar-refractivity contribution in [1.29, 1.82) is 0 Å². The fourth-order valence-corrected chi connectivity index (χ4v) is 6.58. The van der Waals surface area contributed by atoms with Crippen molar-refractivity contribution in [3.8, 4) is 5.75 Å². The van der Waals surface area contributed by atoms with Gasteiger partial charge in [0, 0.05) is 25.2 Å². The molecule has 0 unspecified atom stereocenters. The Balaban J connectivity index is 1.92.